The van der Waals surface area contributed by atoms with E-state index in [2.05, 4.69) is 0 Å². The van der Waals surface area contributed by atoms with Crippen molar-refractivity contribution in [2.24, 2.45) is 11.1 Å². The van der Waals surface area contributed by atoms with Gasteiger partial charge < -0.3 is 15.9 Å². The van der Waals surface area contributed by atoms with Crippen LogP contribution in [0.25, 0.3) is 0 Å². The molecule has 0 bridgehead atoms. The number of allylic oxidation sites excluding steroid dienone is 1. The van der Waals surface area contributed by atoms with Crippen LogP contribution in [0, 0.1) is 5.41 Å². The topological polar surface area (TPSA) is 83.5 Å². The van der Waals surface area contributed by atoms with Crippen LogP contribution in [0.4, 0.5) is 0 Å². The second-order valence-corrected chi connectivity index (χ2v) is 5.64. The van der Waals surface area contributed by atoms with Gasteiger partial charge in [0.1, 0.15) is 6.04 Å². The monoisotopic (exact) mass is 239 g/mol. The summed E-state index contributed by atoms with van der Waals surface area (Å²) in [6, 6.07) is -0.883. The van der Waals surface area contributed by atoms with Gasteiger partial charge in [-0.3, -0.25) is 4.79 Å². The molecular formula is C13H21NO3. The number of carboxylic acid groups (broad SMARTS) is 1. The average Bonchev–Trinajstić information content (AvgIpc) is 2.19. The molecule has 0 saturated carbocycles. The van der Waals surface area contributed by atoms with Crippen LogP contribution in [0.15, 0.2) is 23.8 Å². The van der Waals surface area contributed by atoms with Gasteiger partial charge in [-0.05, 0) is 23.8 Å². The van der Waals surface area contributed by atoms with E-state index in [-0.39, 0.29) is 5.41 Å². The van der Waals surface area contributed by atoms with Crippen molar-refractivity contribution < 1.29 is 15.0 Å². The molecule has 0 aliphatic heterocycles. The molecule has 0 heterocycles. The predicted molar refractivity (Wildman–Crippen MR) is 66.5 cm³/mol. The maximum atomic E-state index is 10.6. The van der Waals surface area contributed by atoms with E-state index >= 15 is 0 Å². The van der Waals surface area contributed by atoms with Gasteiger partial charge in [0.25, 0.3) is 0 Å². The van der Waals surface area contributed by atoms with Crippen molar-refractivity contribution in [3.8, 4) is 0 Å². The third-order valence-corrected chi connectivity index (χ3v) is 3.32. The molecule has 0 amide bonds. The fraction of sp³-hybridized carbons (Fsp3) is 0.615. The maximum absolute atomic E-state index is 10.6. The van der Waals surface area contributed by atoms with Crippen molar-refractivity contribution in [1.82, 2.24) is 0 Å². The molecule has 4 nitrogen and oxygen atoms in total. The second kappa shape index (κ2) is 4.63. The van der Waals surface area contributed by atoms with E-state index in [0.717, 1.165) is 5.57 Å². The Hall–Kier alpha value is -1.13. The molecule has 4 N–H and O–H groups in total. The molecule has 96 valence electrons. The zero-order valence-corrected chi connectivity index (χ0v) is 10.6. The van der Waals surface area contributed by atoms with Gasteiger partial charge in [-0.25, -0.2) is 0 Å². The minimum absolute atomic E-state index is 0.250. The van der Waals surface area contributed by atoms with Crippen molar-refractivity contribution in [1.29, 1.82) is 0 Å². The standard InChI is InChI=1S/C13H21NO3/c1-12(2,3)13(17)6-4-9(5-7-13)8-10(14)11(15)16/h4-6,10,17H,7-8,14H2,1-3H3,(H,15,16)/t10-,13?/m0/s1. The highest BCUT2D eigenvalue weighted by Gasteiger charge is 2.38. The van der Waals surface area contributed by atoms with E-state index in [1.807, 2.05) is 26.8 Å². The minimum atomic E-state index is -1.00. The Morgan fingerprint density at radius 2 is 2.18 bits per heavy atom. The summed E-state index contributed by atoms with van der Waals surface area (Å²) in [4.78, 5) is 10.6. The molecule has 0 aromatic carbocycles. The number of rotatable bonds is 3. The molecular weight excluding hydrogens is 218 g/mol. The zero-order chi connectivity index (χ0) is 13.3. The van der Waals surface area contributed by atoms with Crippen molar-refractivity contribution >= 4 is 5.97 Å². The summed E-state index contributed by atoms with van der Waals surface area (Å²) in [6.45, 7) is 5.91. The Bertz CT molecular complexity index is 365. The summed E-state index contributed by atoms with van der Waals surface area (Å²) in [5, 5.41) is 19.1. The molecule has 17 heavy (non-hydrogen) atoms. The summed E-state index contributed by atoms with van der Waals surface area (Å²) in [6.07, 6.45) is 6.18. The molecule has 0 aromatic heterocycles. The van der Waals surface area contributed by atoms with E-state index < -0.39 is 17.6 Å². The minimum Gasteiger partial charge on any atom is -0.480 e. The fourth-order valence-corrected chi connectivity index (χ4v) is 1.72. The number of carbonyl (C=O) groups is 1. The molecule has 2 atom stereocenters. The van der Waals surface area contributed by atoms with Crippen LogP contribution in [0.2, 0.25) is 0 Å². The highest BCUT2D eigenvalue weighted by atomic mass is 16.4. The Morgan fingerprint density at radius 3 is 2.53 bits per heavy atom. The first-order valence-corrected chi connectivity index (χ1v) is 5.75. The zero-order valence-electron chi connectivity index (χ0n) is 10.6. The highest BCUT2D eigenvalue weighted by molar-refractivity contribution is 5.73. The van der Waals surface area contributed by atoms with Gasteiger partial charge in [-0.2, -0.15) is 0 Å². The summed E-state index contributed by atoms with van der Waals surface area (Å²) < 4.78 is 0. The number of hydrogen-bond donors (Lipinski definition) is 3. The third kappa shape index (κ3) is 3.17. The van der Waals surface area contributed by atoms with Gasteiger partial charge in [0.2, 0.25) is 0 Å². The molecule has 4 heteroatoms. The number of carboxylic acids is 1. The SMILES string of the molecule is CC(C)(C)C1(O)C=CC(C[C@H](N)C(=O)O)=CC1. The first-order valence-electron chi connectivity index (χ1n) is 5.75. The van der Waals surface area contributed by atoms with Gasteiger partial charge in [-0.1, -0.05) is 39.0 Å². The molecule has 0 fully saturated rings. The van der Waals surface area contributed by atoms with Gasteiger partial charge in [0.05, 0.1) is 5.60 Å². The molecule has 1 unspecified atom stereocenters. The Balaban J connectivity index is 2.70. The first kappa shape index (κ1) is 13.9. The number of aliphatic carboxylic acids is 1. The predicted octanol–water partition coefficient (Wildman–Crippen LogP) is 1.45. The van der Waals surface area contributed by atoms with Crippen molar-refractivity contribution in [3.63, 3.8) is 0 Å². The molecule has 0 radical (unpaired) electrons. The summed E-state index contributed by atoms with van der Waals surface area (Å²) in [5.74, 6) is -1.00. The van der Waals surface area contributed by atoms with Gasteiger partial charge in [-0.15, -0.1) is 0 Å². The number of hydrogen-bond acceptors (Lipinski definition) is 3. The average molecular weight is 239 g/mol. The molecule has 1 rings (SSSR count). The maximum Gasteiger partial charge on any atom is 0.320 e. The lowest BCUT2D eigenvalue weighted by Gasteiger charge is -2.39. The molecule has 0 aromatic rings. The van der Waals surface area contributed by atoms with Gasteiger partial charge >= 0.3 is 5.97 Å². The molecule has 0 spiro atoms. The van der Waals surface area contributed by atoms with Crippen LogP contribution in [-0.2, 0) is 4.79 Å². The van der Waals surface area contributed by atoms with E-state index in [4.69, 9.17) is 10.8 Å². The highest BCUT2D eigenvalue weighted by Crippen LogP contribution is 2.37. The second-order valence-electron chi connectivity index (χ2n) is 5.64. The van der Waals surface area contributed by atoms with Crippen LogP contribution < -0.4 is 5.73 Å². The molecule has 1 aliphatic rings. The Kier molecular flexibility index (Phi) is 3.79. The van der Waals surface area contributed by atoms with Crippen molar-refractivity contribution in [3.05, 3.63) is 23.8 Å². The Morgan fingerprint density at radius 1 is 1.59 bits per heavy atom. The molecule has 0 saturated heterocycles. The normalized spacial score (nSPS) is 26.5. The van der Waals surface area contributed by atoms with E-state index in [1.165, 1.54) is 0 Å². The fourth-order valence-electron chi connectivity index (χ4n) is 1.72. The van der Waals surface area contributed by atoms with Gasteiger partial charge in [0.15, 0.2) is 0 Å². The van der Waals surface area contributed by atoms with E-state index in [9.17, 15) is 9.90 Å². The van der Waals surface area contributed by atoms with Gasteiger partial charge in [0, 0.05) is 0 Å². The van der Waals surface area contributed by atoms with E-state index in [0.29, 0.717) is 12.8 Å². The largest absolute Gasteiger partial charge is 0.480 e. The molecule has 1 aliphatic carbocycles. The Labute approximate surface area is 102 Å². The smallest absolute Gasteiger partial charge is 0.320 e. The van der Waals surface area contributed by atoms with Crippen LogP contribution >= 0.6 is 0 Å². The van der Waals surface area contributed by atoms with Crippen LogP contribution in [0.5, 0.6) is 0 Å². The third-order valence-electron chi connectivity index (χ3n) is 3.32. The first-order chi connectivity index (χ1) is 7.66. The van der Waals surface area contributed by atoms with Crippen LogP contribution in [-0.4, -0.2) is 27.8 Å². The van der Waals surface area contributed by atoms with Crippen molar-refractivity contribution in [2.45, 2.75) is 45.3 Å². The quantitative estimate of drug-likeness (QED) is 0.696. The van der Waals surface area contributed by atoms with Crippen LogP contribution in [0.3, 0.4) is 0 Å². The van der Waals surface area contributed by atoms with Crippen molar-refractivity contribution in [2.75, 3.05) is 0 Å². The number of nitrogens with two attached hydrogens (primary N) is 1. The van der Waals surface area contributed by atoms with Crippen LogP contribution in [0.1, 0.15) is 33.6 Å². The summed E-state index contributed by atoms with van der Waals surface area (Å²) >= 11 is 0. The lowest BCUT2D eigenvalue weighted by Crippen LogP contribution is -2.41. The summed E-state index contributed by atoms with van der Waals surface area (Å²) in [5.41, 5.74) is 5.21. The lowest BCUT2D eigenvalue weighted by molar-refractivity contribution is -0.138. The lowest BCUT2D eigenvalue weighted by atomic mass is 9.72. The number of aliphatic hydroxyl groups is 1. The summed E-state index contributed by atoms with van der Waals surface area (Å²) in [7, 11) is 0. The van der Waals surface area contributed by atoms with E-state index in [1.54, 1.807) is 12.2 Å².